The van der Waals surface area contributed by atoms with Gasteiger partial charge in [0.15, 0.2) is 4.80 Å². The number of ether oxygens (including phenoxy) is 1. The molecular weight excluding hydrogens is 478 g/mol. The molecule has 0 radical (unpaired) electrons. The molecule has 0 spiro atoms. The minimum absolute atomic E-state index is 0.0462. The number of para-hydroxylation sites is 1. The van der Waals surface area contributed by atoms with Crippen molar-refractivity contribution in [2.75, 3.05) is 5.32 Å². The van der Waals surface area contributed by atoms with Gasteiger partial charge in [0.25, 0.3) is 0 Å². The minimum atomic E-state index is 0.0462. The van der Waals surface area contributed by atoms with Gasteiger partial charge >= 0.3 is 0 Å². The van der Waals surface area contributed by atoms with E-state index in [9.17, 15) is 4.79 Å². The Morgan fingerprint density at radius 2 is 1.59 bits per heavy atom. The monoisotopic (exact) mass is 513 g/mol. The zero-order valence-electron chi connectivity index (χ0n) is 21.3. The Labute approximate surface area is 222 Å². The van der Waals surface area contributed by atoms with E-state index in [0.717, 1.165) is 41.4 Å². The van der Waals surface area contributed by atoms with Crippen molar-refractivity contribution in [2.45, 2.75) is 75.8 Å². The number of nitrogens with one attached hydrogen (secondary N) is 1. The van der Waals surface area contributed by atoms with Crippen LogP contribution < -0.4 is 14.9 Å². The molecule has 0 atom stereocenters. The second kappa shape index (κ2) is 9.46. The lowest BCUT2D eigenvalue weighted by Crippen LogP contribution is -2.50. The third kappa shape index (κ3) is 5.00. The average molecular weight is 514 g/mol. The number of rotatable bonds is 8. The summed E-state index contributed by atoms with van der Waals surface area (Å²) in [4.78, 5) is 19.5. The van der Waals surface area contributed by atoms with Gasteiger partial charge in [0.2, 0.25) is 5.91 Å². The maximum atomic E-state index is 12.8. The molecule has 5 fully saturated rings. The van der Waals surface area contributed by atoms with E-state index in [4.69, 9.17) is 9.73 Å². The molecule has 4 bridgehead atoms. The number of thiazole rings is 1. The summed E-state index contributed by atoms with van der Waals surface area (Å²) in [6.07, 6.45) is 12.0. The molecule has 0 aliphatic heterocycles. The zero-order chi connectivity index (χ0) is 24.8. The number of aromatic nitrogens is 1. The molecular formula is C31H35N3O2S. The summed E-state index contributed by atoms with van der Waals surface area (Å²) in [6, 6.07) is 17.9. The van der Waals surface area contributed by atoms with Crippen molar-refractivity contribution in [3.05, 3.63) is 70.5 Å². The maximum Gasteiger partial charge on any atom is 0.224 e. The molecule has 3 aromatic rings. The quantitative estimate of drug-likeness (QED) is 0.349. The van der Waals surface area contributed by atoms with Crippen molar-refractivity contribution in [1.29, 1.82) is 0 Å². The molecule has 2 aromatic carbocycles. The number of carbonyl (C=O) groups excluding carboxylic acids is 1. The molecule has 5 saturated carbocycles. The summed E-state index contributed by atoms with van der Waals surface area (Å²) in [5.74, 6) is 4.32. The smallest absolute Gasteiger partial charge is 0.224 e. The van der Waals surface area contributed by atoms with Crippen LogP contribution in [0.25, 0.3) is 0 Å². The van der Waals surface area contributed by atoms with Gasteiger partial charge in [-0.05, 0) is 112 Å². The average Bonchev–Trinajstić information content (AvgIpc) is 3.64. The largest absolute Gasteiger partial charge is 0.457 e. The molecule has 5 aliphatic rings. The predicted molar refractivity (Wildman–Crippen MR) is 147 cm³/mol. The highest BCUT2D eigenvalue weighted by Gasteiger charge is 2.51. The highest BCUT2D eigenvalue weighted by molar-refractivity contribution is 7.07. The third-order valence-electron chi connectivity index (χ3n) is 8.79. The summed E-state index contributed by atoms with van der Waals surface area (Å²) in [5, 5.41) is 5.32. The van der Waals surface area contributed by atoms with Crippen molar-refractivity contribution >= 4 is 22.9 Å². The van der Waals surface area contributed by atoms with E-state index in [-0.39, 0.29) is 11.4 Å². The van der Waals surface area contributed by atoms with Crippen LogP contribution in [0.15, 0.2) is 65.0 Å². The number of nitrogens with zero attached hydrogens (tertiary/aromatic N) is 2. The molecule has 8 rings (SSSR count). The maximum absolute atomic E-state index is 12.8. The molecule has 1 amide bonds. The topological polar surface area (TPSA) is 55.6 Å². The van der Waals surface area contributed by atoms with Crippen molar-refractivity contribution < 1.29 is 9.53 Å². The van der Waals surface area contributed by atoms with Crippen LogP contribution in [-0.4, -0.2) is 16.0 Å². The molecule has 5 nitrogen and oxygen atoms in total. The van der Waals surface area contributed by atoms with Gasteiger partial charge in [0, 0.05) is 29.2 Å². The van der Waals surface area contributed by atoms with E-state index in [1.807, 2.05) is 54.6 Å². The van der Waals surface area contributed by atoms with Crippen LogP contribution in [0.3, 0.4) is 0 Å². The van der Waals surface area contributed by atoms with Gasteiger partial charge in [-0.1, -0.05) is 18.2 Å². The van der Waals surface area contributed by atoms with Crippen molar-refractivity contribution in [2.24, 2.45) is 22.7 Å². The fourth-order valence-corrected chi connectivity index (χ4v) is 8.54. The van der Waals surface area contributed by atoms with E-state index in [0.29, 0.717) is 12.5 Å². The molecule has 1 aromatic heterocycles. The molecule has 5 aliphatic carbocycles. The number of anilines is 1. The van der Waals surface area contributed by atoms with E-state index in [1.54, 1.807) is 11.3 Å². The number of hydrogen-bond donors (Lipinski definition) is 1. The number of carbonyl (C=O) groups is 1. The number of amides is 1. The first-order chi connectivity index (χ1) is 18.1. The van der Waals surface area contributed by atoms with Crippen molar-refractivity contribution in [3.8, 4) is 11.5 Å². The molecule has 0 saturated heterocycles. The number of hydrogen-bond acceptors (Lipinski definition) is 4. The van der Waals surface area contributed by atoms with Gasteiger partial charge in [0.1, 0.15) is 11.5 Å². The van der Waals surface area contributed by atoms with E-state index in [2.05, 4.69) is 15.3 Å². The van der Waals surface area contributed by atoms with Crippen LogP contribution in [0.5, 0.6) is 11.5 Å². The Kier molecular flexibility index (Phi) is 5.95. The zero-order valence-corrected chi connectivity index (χ0v) is 22.1. The lowest BCUT2D eigenvalue weighted by atomic mass is 9.53. The first kappa shape index (κ1) is 23.3. The van der Waals surface area contributed by atoms with Crippen LogP contribution in [0.1, 0.15) is 69.5 Å². The molecule has 37 heavy (non-hydrogen) atoms. The molecule has 0 unspecified atom stereocenters. The Hall–Kier alpha value is -2.86. The highest BCUT2D eigenvalue weighted by atomic mass is 32.1. The van der Waals surface area contributed by atoms with Crippen LogP contribution in [0.4, 0.5) is 5.69 Å². The fraction of sp³-hybridized carbons (Fsp3) is 0.484. The normalized spacial score (nSPS) is 28.4. The standard InChI is InChI=1S/C31H35N3O2S/c35-29(32-24-6-11-28(12-7-24)36-27-4-2-1-3-5-27)13-10-26-20-37-30(34(26)25-8-9-25)33-31-17-21-14-22(18-31)16-23(15-21)19-31/h1-7,11-12,20-23,25H,8-10,13-19H2,(H,32,35). The van der Waals surface area contributed by atoms with Crippen molar-refractivity contribution in [3.63, 3.8) is 0 Å². The molecule has 1 N–H and O–H groups in total. The summed E-state index contributed by atoms with van der Waals surface area (Å²) < 4.78 is 8.34. The first-order valence-electron chi connectivity index (χ1n) is 14.0. The van der Waals surface area contributed by atoms with E-state index < -0.39 is 0 Å². The second-order valence-corrected chi connectivity index (χ2v) is 12.7. The van der Waals surface area contributed by atoms with Crippen molar-refractivity contribution in [1.82, 2.24) is 4.57 Å². The van der Waals surface area contributed by atoms with E-state index in [1.165, 1.54) is 61.9 Å². The van der Waals surface area contributed by atoms with Gasteiger partial charge in [-0.25, -0.2) is 0 Å². The summed E-state index contributed by atoms with van der Waals surface area (Å²) >= 11 is 1.80. The van der Waals surface area contributed by atoms with Crippen LogP contribution in [0.2, 0.25) is 0 Å². The van der Waals surface area contributed by atoms with Gasteiger partial charge in [-0.15, -0.1) is 11.3 Å². The summed E-state index contributed by atoms with van der Waals surface area (Å²) in [5.41, 5.74) is 2.27. The second-order valence-electron chi connectivity index (χ2n) is 11.9. The van der Waals surface area contributed by atoms with Crippen LogP contribution >= 0.6 is 11.3 Å². The van der Waals surface area contributed by atoms with Gasteiger partial charge in [-0.3, -0.25) is 9.79 Å². The summed E-state index contributed by atoms with van der Waals surface area (Å²) in [7, 11) is 0. The minimum Gasteiger partial charge on any atom is -0.457 e. The number of benzene rings is 2. The SMILES string of the molecule is O=C(CCc1csc(=NC23CC4CC(CC(C4)C2)C3)n1C1CC1)Nc1ccc(Oc2ccccc2)cc1. The molecule has 6 heteroatoms. The molecule has 1 heterocycles. The first-order valence-corrected chi connectivity index (χ1v) is 14.9. The molecule has 192 valence electrons. The lowest BCUT2D eigenvalue weighted by Gasteiger charge is -2.54. The summed E-state index contributed by atoms with van der Waals surface area (Å²) in [6.45, 7) is 0. The lowest BCUT2D eigenvalue weighted by molar-refractivity contribution is -0.116. The Morgan fingerprint density at radius 3 is 2.24 bits per heavy atom. The number of aryl methyl sites for hydroxylation is 1. The van der Waals surface area contributed by atoms with Gasteiger partial charge in [0.05, 0.1) is 5.54 Å². The van der Waals surface area contributed by atoms with Gasteiger partial charge < -0.3 is 14.6 Å². The highest BCUT2D eigenvalue weighted by Crippen LogP contribution is 2.57. The Balaban J connectivity index is 1.01. The van der Waals surface area contributed by atoms with Crippen LogP contribution in [0, 0.1) is 17.8 Å². The van der Waals surface area contributed by atoms with Crippen LogP contribution in [-0.2, 0) is 11.2 Å². The fourth-order valence-electron chi connectivity index (χ4n) is 7.44. The third-order valence-corrected chi connectivity index (χ3v) is 9.68. The van der Waals surface area contributed by atoms with Gasteiger partial charge in [-0.2, -0.15) is 0 Å². The Bertz CT molecular complexity index is 1300. The predicted octanol–water partition coefficient (Wildman–Crippen LogP) is 7.12. The Morgan fingerprint density at radius 1 is 0.946 bits per heavy atom. The van der Waals surface area contributed by atoms with E-state index >= 15 is 0 Å².